The predicted molar refractivity (Wildman–Crippen MR) is 92.3 cm³/mol. The molecule has 1 saturated heterocycles. The van der Waals surface area contributed by atoms with Gasteiger partial charge < -0.3 is 14.0 Å². The molecule has 0 spiro atoms. The van der Waals surface area contributed by atoms with Crippen LogP contribution in [0, 0.1) is 5.41 Å². The van der Waals surface area contributed by atoms with E-state index in [1.54, 1.807) is 0 Å². The van der Waals surface area contributed by atoms with Gasteiger partial charge in [-0.15, -0.1) is 0 Å². The van der Waals surface area contributed by atoms with Gasteiger partial charge in [0.1, 0.15) is 6.67 Å². The number of ether oxygens (including phenoxy) is 1. The third-order valence-corrected chi connectivity index (χ3v) is 5.62. The highest BCUT2D eigenvalue weighted by molar-refractivity contribution is 6.54. The van der Waals surface area contributed by atoms with Gasteiger partial charge in [0.05, 0.1) is 23.2 Å². The first-order valence-corrected chi connectivity index (χ1v) is 8.95. The number of carbonyl (C=O) groups is 1. The Balaban J connectivity index is 2.03. The second kappa shape index (κ2) is 7.16. The molecule has 1 unspecified atom stereocenters. The first kappa shape index (κ1) is 19.4. The number of hydrogen-bond acceptors (Lipinski definition) is 4. The molecule has 0 aromatic heterocycles. The Morgan fingerprint density at radius 2 is 1.92 bits per heavy atom. The molecule has 2 aliphatic rings. The van der Waals surface area contributed by atoms with Crippen LogP contribution in [0.1, 0.15) is 66.7 Å². The van der Waals surface area contributed by atoms with E-state index in [1.807, 2.05) is 40.7 Å². The third-order valence-electron chi connectivity index (χ3n) is 5.62. The maximum Gasteiger partial charge on any atom is 0.490 e. The monoisotopic (exact) mass is 340 g/mol. The Hall–Kier alpha value is -0.875. The average Bonchev–Trinajstić information content (AvgIpc) is 2.75. The van der Waals surface area contributed by atoms with Crippen LogP contribution in [0.3, 0.4) is 0 Å². The summed E-state index contributed by atoms with van der Waals surface area (Å²) in [4.78, 5) is 12.3. The Morgan fingerprint density at radius 3 is 2.38 bits per heavy atom. The lowest BCUT2D eigenvalue weighted by molar-refractivity contribution is -0.157. The molecule has 1 aliphatic carbocycles. The summed E-state index contributed by atoms with van der Waals surface area (Å²) in [5.41, 5.74) is -0.835. The largest absolute Gasteiger partial charge is 0.490 e. The first-order chi connectivity index (χ1) is 11.2. The van der Waals surface area contributed by atoms with E-state index in [4.69, 9.17) is 14.0 Å². The topological polar surface area (TPSA) is 44.8 Å². The molecular formula is C18H30BFO4. The number of allylic oxidation sites excluding steroid dienone is 2. The van der Waals surface area contributed by atoms with E-state index in [1.165, 1.54) is 0 Å². The van der Waals surface area contributed by atoms with Crippen LogP contribution in [-0.2, 0) is 18.8 Å². The highest BCUT2D eigenvalue weighted by Gasteiger charge is 2.53. The van der Waals surface area contributed by atoms with E-state index in [-0.39, 0.29) is 0 Å². The summed E-state index contributed by atoms with van der Waals surface area (Å²) in [6.07, 6.45) is 5.03. The van der Waals surface area contributed by atoms with E-state index in [9.17, 15) is 9.18 Å². The zero-order valence-corrected chi connectivity index (χ0v) is 15.6. The van der Waals surface area contributed by atoms with Crippen molar-refractivity contribution in [2.24, 2.45) is 5.41 Å². The van der Waals surface area contributed by atoms with Gasteiger partial charge >= 0.3 is 13.1 Å². The predicted octanol–water partition coefficient (Wildman–Crippen LogP) is 4.03. The first-order valence-electron chi connectivity index (χ1n) is 8.95. The minimum absolute atomic E-state index is 0.341. The second-order valence-corrected chi connectivity index (χ2v) is 7.97. The van der Waals surface area contributed by atoms with Gasteiger partial charge in [0.25, 0.3) is 0 Å². The molecule has 0 saturated carbocycles. The van der Waals surface area contributed by atoms with Crippen LogP contribution < -0.4 is 0 Å². The van der Waals surface area contributed by atoms with Crippen LogP contribution in [0.4, 0.5) is 4.39 Å². The van der Waals surface area contributed by atoms with Crippen molar-refractivity contribution < 1.29 is 23.2 Å². The van der Waals surface area contributed by atoms with Crippen LogP contribution in [0.2, 0.25) is 0 Å². The third kappa shape index (κ3) is 3.69. The van der Waals surface area contributed by atoms with E-state index in [0.717, 1.165) is 18.3 Å². The zero-order valence-electron chi connectivity index (χ0n) is 15.6. The number of alkyl halides is 1. The molecule has 0 N–H and O–H groups in total. The molecule has 0 aromatic rings. The van der Waals surface area contributed by atoms with Gasteiger partial charge in [0.15, 0.2) is 0 Å². The fourth-order valence-electron chi connectivity index (χ4n) is 2.95. The molecule has 0 aromatic carbocycles. The van der Waals surface area contributed by atoms with Crippen molar-refractivity contribution in [3.63, 3.8) is 0 Å². The molecule has 0 bridgehead atoms. The van der Waals surface area contributed by atoms with Crippen LogP contribution in [-0.4, -0.2) is 37.6 Å². The van der Waals surface area contributed by atoms with Crippen molar-refractivity contribution in [1.82, 2.24) is 0 Å². The van der Waals surface area contributed by atoms with Crippen molar-refractivity contribution in [2.75, 3.05) is 13.3 Å². The maximum absolute atomic E-state index is 13.7. The SMILES string of the molecule is CCCCOC(=O)C1(CF)CC=C(B2OC(C)(C)C(C)(C)O2)CC1. The van der Waals surface area contributed by atoms with Crippen molar-refractivity contribution in [2.45, 2.75) is 77.9 Å². The Bertz CT molecular complexity index is 487. The quantitative estimate of drug-likeness (QED) is 0.416. The summed E-state index contributed by atoms with van der Waals surface area (Å²) >= 11 is 0. The molecule has 1 fully saturated rings. The standard InChI is InChI=1S/C18H30BFO4/c1-6-7-12-22-15(21)18(13-20)10-8-14(9-11-18)19-23-16(2,3)17(4,5)24-19/h8H,6-7,9-13H2,1-5H3. The Morgan fingerprint density at radius 1 is 1.29 bits per heavy atom. The minimum atomic E-state index is -1.04. The number of esters is 1. The summed E-state index contributed by atoms with van der Waals surface area (Å²) in [5, 5.41) is 0. The summed E-state index contributed by atoms with van der Waals surface area (Å²) in [7, 11) is -0.413. The highest BCUT2D eigenvalue weighted by atomic mass is 19.1. The summed E-state index contributed by atoms with van der Waals surface area (Å²) < 4.78 is 31.0. The summed E-state index contributed by atoms with van der Waals surface area (Å²) in [6.45, 7) is 9.73. The lowest BCUT2D eigenvalue weighted by Crippen LogP contribution is -2.41. The number of rotatable bonds is 6. The van der Waals surface area contributed by atoms with Crippen LogP contribution >= 0.6 is 0 Å². The van der Waals surface area contributed by atoms with E-state index < -0.39 is 36.4 Å². The molecule has 1 heterocycles. The van der Waals surface area contributed by atoms with Crippen LogP contribution in [0.5, 0.6) is 0 Å². The smallest absolute Gasteiger partial charge is 0.465 e. The fourth-order valence-corrected chi connectivity index (χ4v) is 2.95. The van der Waals surface area contributed by atoms with Crippen molar-refractivity contribution in [3.8, 4) is 0 Å². The average molecular weight is 340 g/mol. The van der Waals surface area contributed by atoms with Gasteiger partial charge in [0.2, 0.25) is 0 Å². The number of hydrogen-bond donors (Lipinski definition) is 0. The maximum atomic E-state index is 13.7. The zero-order chi connectivity index (χ0) is 18.0. The lowest BCUT2D eigenvalue weighted by Gasteiger charge is -2.32. The lowest BCUT2D eigenvalue weighted by atomic mass is 9.66. The van der Waals surface area contributed by atoms with E-state index in [2.05, 4.69) is 0 Å². The second-order valence-electron chi connectivity index (χ2n) is 7.97. The number of unbranched alkanes of at least 4 members (excludes halogenated alkanes) is 1. The van der Waals surface area contributed by atoms with Gasteiger partial charge in [0, 0.05) is 0 Å². The molecule has 6 heteroatoms. The molecule has 1 aliphatic heterocycles. The van der Waals surface area contributed by atoms with Gasteiger partial charge in [-0.2, -0.15) is 0 Å². The Labute approximate surface area is 145 Å². The molecule has 1 atom stereocenters. The molecule has 2 rings (SSSR count). The molecule has 0 amide bonds. The highest BCUT2D eigenvalue weighted by Crippen LogP contribution is 2.43. The van der Waals surface area contributed by atoms with Crippen molar-refractivity contribution in [3.05, 3.63) is 11.5 Å². The van der Waals surface area contributed by atoms with Gasteiger partial charge in [-0.3, -0.25) is 4.79 Å². The molecule has 24 heavy (non-hydrogen) atoms. The molecule has 0 radical (unpaired) electrons. The molecule has 4 nitrogen and oxygen atoms in total. The fraction of sp³-hybridized carbons (Fsp3) is 0.833. The van der Waals surface area contributed by atoms with Gasteiger partial charge in [-0.1, -0.05) is 19.4 Å². The molecular weight excluding hydrogens is 310 g/mol. The normalized spacial score (nSPS) is 28.6. The minimum Gasteiger partial charge on any atom is -0.465 e. The van der Waals surface area contributed by atoms with E-state index >= 15 is 0 Å². The molecule has 136 valence electrons. The van der Waals surface area contributed by atoms with Crippen molar-refractivity contribution >= 4 is 13.1 Å². The van der Waals surface area contributed by atoms with Crippen LogP contribution in [0.15, 0.2) is 11.5 Å². The number of halogens is 1. The Kier molecular flexibility index (Phi) is 5.81. The van der Waals surface area contributed by atoms with Gasteiger partial charge in [-0.25, -0.2) is 4.39 Å². The van der Waals surface area contributed by atoms with E-state index in [0.29, 0.717) is 25.9 Å². The summed E-state index contributed by atoms with van der Waals surface area (Å²) in [5.74, 6) is -0.414. The summed E-state index contributed by atoms with van der Waals surface area (Å²) in [6, 6.07) is 0. The van der Waals surface area contributed by atoms with Gasteiger partial charge in [-0.05, 0) is 58.9 Å². The van der Waals surface area contributed by atoms with Crippen molar-refractivity contribution in [1.29, 1.82) is 0 Å². The van der Waals surface area contributed by atoms with Crippen LogP contribution in [0.25, 0.3) is 0 Å². The number of carbonyl (C=O) groups excluding carboxylic acids is 1.